The number of anilines is 1. The third kappa shape index (κ3) is 3.96. The van der Waals surface area contributed by atoms with E-state index in [1.54, 1.807) is 6.07 Å². The molecule has 0 radical (unpaired) electrons. The van der Waals surface area contributed by atoms with Crippen molar-refractivity contribution >= 4 is 5.82 Å². The highest BCUT2D eigenvalue weighted by Crippen LogP contribution is 2.21. The molecule has 0 aliphatic heterocycles. The van der Waals surface area contributed by atoms with Gasteiger partial charge in [-0.3, -0.25) is 0 Å². The van der Waals surface area contributed by atoms with E-state index in [1.165, 1.54) is 0 Å². The number of hydrogen-bond donors (Lipinski definition) is 2. The number of pyridine rings is 1. The van der Waals surface area contributed by atoms with Crippen LogP contribution in [0.4, 0.5) is 5.82 Å². The number of hydrogen-bond acceptors (Lipinski definition) is 4. The monoisotopic (exact) mass is 258 g/mol. The Labute approximate surface area is 113 Å². The SMILES string of the molecule is CCCNc1cccc(Oc2cccc(CO)c2)n1. The van der Waals surface area contributed by atoms with Crippen LogP contribution in [0.3, 0.4) is 0 Å². The van der Waals surface area contributed by atoms with Gasteiger partial charge in [0.05, 0.1) is 6.61 Å². The second-order valence-corrected chi connectivity index (χ2v) is 4.20. The van der Waals surface area contributed by atoms with Crippen LogP contribution in [0.15, 0.2) is 42.5 Å². The Kier molecular flexibility index (Phi) is 4.75. The fourth-order valence-electron chi connectivity index (χ4n) is 1.65. The molecule has 0 saturated carbocycles. The summed E-state index contributed by atoms with van der Waals surface area (Å²) in [7, 11) is 0. The third-order valence-corrected chi connectivity index (χ3v) is 2.58. The minimum Gasteiger partial charge on any atom is -0.439 e. The van der Waals surface area contributed by atoms with Crippen molar-refractivity contribution in [3.8, 4) is 11.6 Å². The summed E-state index contributed by atoms with van der Waals surface area (Å²) in [6, 6.07) is 13.0. The summed E-state index contributed by atoms with van der Waals surface area (Å²) in [5.41, 5.74) is 0.817. The number of nitrogens with zero attached hydrogens (tertiary/aromatic N) is 1. The molecular formula is C15H18N2O2. The topological polar surface area (TPSA) is 54.4 Å². The van der Waals surface area contributed by atoms with E-state index < -0.39 is 0 Å². The second kappa shape index (κ2) is 6.75. The van der Waals surface area contributed by atoms with Gasteiger partial charge in [0.15, 0.2) is 0 Å². The molecule has 2 N–H and O–H groups in total. The molecule has 1 aromatic carbocycles. The van der Waals surface area contributed by atoms with E-state index in [0.717, 1.165) is 24.3 Å². The number of nitrogens with one attached hydrogen (secondary N) is 1. The van der Waals surface area contributed by atoms with Crippen molar-refractivity contribution in [2.45, 2.75) is 20.0 Å². The van der Waals surface area contributed by atoms with Crippen molar-refractivity contribution in [1.29, 1.82) is 0 Å². The van der Waals surface area contributed by atoms with Gasteiger partial charge in [-0.25, -0.2) is 0 Å². The molecule has 0 spiro atoms. The second-order valence-electron chi connectivity index (χ2n) is 4.20. The van der Waals surface area contributed by atoms with Crippen LogP contribution in [-0.2, 0) is 6.61 Å². The van der Waals surface area contributed by atoms with Gasteiger partial charge in [0.1, 0.15) is 11.6 Å². The molecule has 0 amide bonds. The zero-order valence-electron chi connectivity index (χ0n) is 11.0. The molecule has 100 valence electrons. The Balaban J connectivity index is 2.09. The zero-order chi connectivity index (χ0) is 13.5. The predicted molar refractivity (Wildman–Crippen MR) is 75.5 cm³/mol. The molecule has 19 heavy (non-hydrogen) atoms. The maximum atomic E-state index is 9.09. The minimum absolute atomic E-state index is 0.00270. The van der Waals surface area contributed by atoms with Gasteiger partial charge < -0.3 is 15.2 Å². The molecule has 0 aliphatic carbocycles. The smallest absolute Gasteiger partial charge is 0.221 e. The number of benzene rings is 1. The van der Waals surface area contributed by atoms with E-state index in [4.69, 9.17) is 9.84 Å². The van der Waals surface area contributed by atoms with Gasteiger partial charge in [0.25, 0.3) is 0 Å². The highest BCUT2D eigenvalue weighted by Gasteiger charge is 2.01. The van der Waals surface area contributed by atoms with E-state index in [9.17, 15) is 0 Å². The molecule has 0 fully saturated rings. The molecule has 1 aromatic heterocycles. The Morgan fingerprint density at radius 2 is 2.05 bits per heavy atom. The van der Waals surface area contributed by atoms with Gasteiger partial charge in [0, 0.05) is 12.6 Å². The average Bonchev–Trinajstić information content (AvgIpc) is 2.46. The van der Waals surface area contributed by atoms with Gasteiger partial charge in [-0.2, -0.15) is 4.98 Å². The van der Waals surface area contributed by atoms with Crippen LogP contribution in [-0.4, -0.2) is 16.6 Å². The highest BCUT2D eigenvalue weighted by molar-refractivity contribution is 5.38. The Bertz CT molecular complexity index is 529. The summed E-state index contributed by atoms with van der Waals surface area (Å²) in [6.07, 6.45) is 1.05. The van der Waals surface area contributed by atoms with Crippen LogP contribution in [0.5, 0.6) is 11.6 Å². The number of ether oxygens (including phenoxy) is 1. The summed E-state index contributed by atoms with van der Waals surface area (Å²) < 4.78 is 5.68. The van der Waals surface area contributed by atoms with Crippen LogP contribution in [0, 0.1) is 0 Å². The normalized spacial score (nSPS) is 10.2. The molecule has 0 saturated heterocycles. The number of aliphatic hydroxyl groups excluding tert-OH is 1. The standard InChI is InChI=1S/C15H18N2O2/c1-2-9-16-14-7-4-8-15(17-14)19-13-6-3-5-12(10-13)11-18/h3-8,10,18H,2,9,11H2,1H3,(H,16,17). The first kappa shape index (κ1) is 13.4. The lowest BCUT2D eigenvalue weighted by Crippen LogP contribution is -2.02. The first-order valence-electron chi connectivity index (χ1n) is 6.40. The van der Waals surface area contributed by atoms with E-state index in [1.807, 2.05) is 36.4 Å². The quantitative estimate of drug-likeness (QED) is 0.835. The van der Waals surface area contributed by atoms with Gasteiger partial charge in [0.2, 0.25) is 5.88 Å². The maximum absolute atomic E-state index is 9.09. The summed E-state index contributed by atoms with van der Waals surface area (Å²) in [4.78, 5) is 4.37. The Hall–Kier alpha value is -2.07. The third-order valence-electron chi connectivity index (χ3n) is 2.58. The first-order chi connectivity index (χ1) is 9.31. The van der Waals surface area contributed by atoms with Crippen LogP contribution < -0.4 is 10.1 Å². The van der Waals surface area contributed by atoms with Crippen LogP contribution in [0.25, 0.3) is 0 Å². The average molecular weight is 258 g/mol. The maximum Gasteiger partial charge on any atom is 0.221 e. The molecule has 4 heteroatoms. The van der Waals surface area contributed by atoms with Gasteiger partial charge >= 0.3 is 0 Å². The van der Waals surface area contributed by atoms with Crippen molar-refractivity contribution in [2.75, 3.05) is 11.9 Å². The van der Waals surface area contributed by atoms with Gasteiger partial charge in [-0.15, -0.1) is 0 Å². The van der Waals surface area contributed by atoms with Gasteiger partial charge in [-0.1, -0.05) is 25.1 Å². The fraction of sp³-hybridized carbons (Fsp3) is 0.267. The van der Waals surface area contributed by atoms with E-state index in [2.05, 4.69) is 17.2 Å². The molecular weight excluding hydrogens is 240 g/mol. The molecule has 1 heterocycles. The predicted octanol–water partition coefficient (Wildman–Crippen LogP) is 3.19. The number of aromatic nitrogens is 1. The van der Waals surface area contributed by atoms with Gasteiger partial charge in [-0.05, 0) is 30.2 Å². The fourth-order valence-corrected chi connectivity index (χ4v) is 1.65. The zero-order valence-corrected chi connectivity index (χ0v) is 11.0. The van der Waals surface area contributed by atoms with Crippen LogP contribution >= 0.6 is 0 Å². The molecule has 2 aromatic rings. The van der Waals surface area contributed by atoms with Crippen LogP contribution in [0.1, 0.15) is 18.9 Å². The minimum atomic E-state index is 0.00270. The highest BCUT2D eigenvalue weighted by atomic mass is 16.5. The van der Waals surface area contributed by atoms with Crippen molar-refractivity contribution in [3.63, 3.8) is 0 Å². The lowest BCUT2D eigenvalue weighted by molar-refractivity contribution is 0.281. The van der Waals surface area contributed by atoms with Crippen molar-refractivity contribution in [2.24, 2.45) is 0 Å². The summed E-state index contributed by atoms with van der Waals surface area (Å²) >= 11 is 0. The molecule has 0 bridgehead atoms. The molecule has 0 unspecified atom stereocenters. The number of aliphatic hydroxyl groups is 1. The summed E-state index contributed by atoms with van der Waals surface area (Å²) in [5, 5.41) is 12.3. The summed E-state index contributed by atoms with van der Waals surface area (Å²) in [5.74, 6) is 2.01. The van der Waals surface area contributed by atoms with Crippen molar-refractivity contribution in [1.82, 2.24) is 4.98 Å². The largest absolute Gasteiger partial charge is 0.439 e. The summed E-state index contributed by atoms with van der Waals surface area (Å²) in [6.45, 7) is 2.99. The molecule has 4 nitrogen and oxygen atoms in total. The molecule has 2 rings (SSSR count). The molecule has 0 aliphatic rings. The Morgan fingerprint density at radius 1 is 1.21 bits per heavy atom. The van der Waals surface area contributed by atoms with Crippen LogP contribution in [0.2, 0.25) is 0 Å². The van der Waals surface area contributed by atoms with E-state index in [-0.39, 0.29) is 6.61 Å². The first-order valence-corrected chi connectivity index (χ1v) is 6.40. The lowest BCUT2D eigenvalue weighted by Gasteiger charge is -2.08. The lowest BCUT2D eigenvalue weighted by atomic mass is 10.2. The van der Waals surface area contributed by atoms with Crippen molar-refractivity contribution < 1.29 is 9.84 Å². The van der Waals surface area contributed by atoms with E-state index >= 15 is 0 Å². The Morgan fingerprint density at radius 3 is 2.84 bits per heavy atom. The van der Waals surface area contributed by atoms with E-state index in [0.29, 0.717) is 11.6 Å². The molecule has 0 atom stereocenters. The van der Waals surface area contributed by atoms with Crippen molar-refractivity contribution in [3.05, 3.63) is 48.0 Å². The number of rotatable bonds is 6.